The summed E-state index contributed by atoms with van der Waals surface area (Å²) in [5, 5.41) is 10.8. The van der Waals surface area contributed by atoms with Crippen molar-refractivity contribution in [2.75, 3.05) is 25.6 Å². The van der Waals surface area contributed by atoms with Gasteiger partial charge in [0.05, 0.1) is 15.6 Å². The largest absolute Gasteiger partial charge is 0.497 e. The van der Waals surface area contributed by atoms with E-state index in [9.17, 15) is 19.2 Å². The van der Waals surface area contributed by atoms with E-state index in [-0.39, 0.29) is 4.91 Å². The first-order valence-electron chi connectivity index (χ1n) is 9.10. The fraction of sp³-hybridized carbons (Fsp3) is 0.143. The highest BCUT2D eigenvalue weighted by Crippen LogP contribution is 2.33. The highest BCUT2D eigenvalue weighted by Gasteiger charge is 2.36. The van der Waals surface area contributed by atoms with Gasteiger partial charge in [-0.1, -0.05) is 6.07 Å². The summed E-state index contributed by atoms with van der Waals surface area (Å²) in [5.74, 6) is -1.13. The molecule has 2 N–H and O–H groups in total. The van der Waals surface area contributed by atoms with Gasteiger partial charge in [0.1, 0.15) is 18.0 Å². The molecule has 9 nitrogen and oxygen atoms in total. The summed E-state index contributed by atoms with van der Waals surface area (Å²) in [6.07, 6.45) is 1.54. The number of carboxylic acids is 1. The summed E-state index contributed by atoms with van der Waals surface area (Å²) in [7, 11) is 1.53. The van der Waals surface area contributed by atoms with Crippen molar-refractivity contribution in [2.45, 2.75) is 0 Å². The minimum absolute atomic E-state index is 0.183. The molecule has 0 unspecified atom stereocenters. The van der Waals surface area contributed by atoms with Crippen LogP contribution in [0.3, 0.4) is 0 Å². The Morgan fingerprint density at radius 2 is 1.91 bits per heavy atom. The van der Waals surface area contributed by atoms with Crippen molar-refractivity contribution in [1.29, 1.82) is 0 Å². The molecule has 1 aliphatic heterocycles. The van der Waals surface area contributed by atoms with Crippen molar-refractivity contribution in [3.8, 4) is 11.5 Å². The number of carbonyl (C=O) groups is 4. The lowest BCUT2D eigenvalue weighted by Crippen LogP contribution is -2.36. The lowest BCUT2D eigenvalue weighted by atomic mass is 10.2. The molecule has 0 aliphatic carbocycles. The molecular formula is C21H17IN2O7S. The summed E-state index contributed by atoms with van der Waals surface area (Å²) in [4.78, 5) is 48.9. The van der Waals surface area contributed by atoms with Crippen LogP contribution in [-0.4, -0.2) is 53.3 Å². The van der Waals surface area contributed by atoms with E-state index in [4.69, 9.17) is 14.6 Å². The number of carbonyl (C=O) groups excluding carboxylic acids is 3. The highest BCUT2D eigenvalue weighted by atomic mass is 127. The lowest BCUT2D eigenvalue weighted by Gasteiger charge is -2.12. The minimum atomic E-state index is -1.09. The number of benzene rings is 2. The molecule has 1 saturated heterocycles. The van der Waals surface area contributed by atoms with Gasteiger partial charge in [0.15, 0.2) is 6.61 Å². The first-order valence-corrected chi connectivity index (χ1v) is 11.0. The van der Waals surface area contributed by atoms with E-state index in [2.05, 4.69) is 5.32 Å². The SMILES string of the molecule is COc1ccc(NC(=O)CN2C(=O)S/C(=C/c3ccc(OCC(=O)O)c(I)c3)C2=O)cc1. The Kier molecular flexibility index (Phi) is 7.75. The summed E-state index contributed by atoms with van der Waals surface area (Å²) in [6, 6.07) is 11.6. The van der Waals surface area contributed by atoms with Crippen LogP contribution in [0.2, 0.25) is 0 Å². The number of carboxylic acid groups (broad SMARTS) is 1. The molecule has 166 valence electrons. The van der Waals surface area contributed by atoms with E-state index >= 15 is 0 Å². The number of amides is 3. The van der Waals surface area contributed by atoms with E-state index in [1.165, 1.54) is 13.2 Å². The van der Waals surface area contributed by atoms with Gasteiger partial charge in [-0.05, 0) is 82.4 Å². The van der Waals surface area contributed by atoms with Crippen molar-refractivity contribution in [1.82, 2.24) is 4.90 Å². The molecule has 1 heterocycles. The van der Waals surface area contributed by atoms with Crippen LogP contribution in [0.1, 0.15) is 5.56 Å². The van der Waals surface area contributed by atoms with E-state index in [0.717, 1.165) is 16.7 Å². The van der Waals surface area contributed by atoms with Crippen LogP contribution in [0.4, 0.5) is 10.5 Å². The molecule has 2 aromatic carbocycles. The van der Waals surface area contributed by atoms with Crippen LogP contribution >= 0.6 is 34.4 Å². The molecule has 0 bridgehead atoms. The number of rotatable bonds is 8. The molecule has 1 aliphatic rings. The molecule has 2 aromatic rings. The predicted molar refractivity (Wildman–Crippen MR) is 127 cm³/mol. The van der Waals surface area contributed by atoms with Crippen LogP contribution in [0.15, 0.2) is 47.4 Å². The first kappa shape index (κ1) is 23.6. The molecule has 0 aromatic heterocycles. The molecular weight excluding hydrogens is 551 g/mol. The van der Waals surface area contributed by atoms with Crippen LogP contribution in [0.25, 0.3) is 6.08 Å². The van der Waals surface area contributed by atoms with Gasteiger partial charge in [-0.15, -0.1) is 0 Å². The van der Waals surface area contributed by atoms with E-state index < -0.39 is 36.2 Å². The number of hydrogen-bond donors (Lipinski definition) is 2. The number of thioether (sulfide) groups is 1. The molecule has 0 radical (unpaired) electrons. The number of halogens is 1. The topological polar surface area (TPSA) is 122 Å². The molecule has 11 heteroatoms. The lowest BCUT2D eigenvalue weighted by molar-refractivity contribution is -0.139. The Hall–Kier alpha value is -3.06. The number of hydrogen-bond acceptors (Lipinski definition) is 7. The van der Waals surface area contributed by atoms with Crippen molar-refractivity contribution in [2.24, 2.45) is 0 Å². The van der Waals surface area contributed by atoms with E-state index in [1.807, 2.05) is 22.6 Å². The minimum Gasteiger partial charge on any atom is -0.497 e. The average molecular weight is 568 g/mol. The molecule has 1 fully saturated rings. The van der Waals surface area contributed by atoms with Crippen molar-refractivity contribution in [3.05, 3.63) is 56.5 Å². The quantitative estimate of drug-likeness (QED) is 0.367. The Labute approximate surface area is 200 Å². The number of methoxy groups -OCH3 is 1. The third-order valence-electron chi connectivity index (χ3n) is 4.15. The molecule has 0 spiro atoms. The van der Waals surface area contributed by atoms with Crippen LogP contribution in [-0.2, 0) is 14.4 Å². The molecule has 0 saturated carbocycles. The highest BCUT2D eigenvalue weighted by molar-refractivity contribution is 14.1. The van der Waals surface area contributed by atoms with Crippen LogP contribution < -0.4 is 14.8 Å². The summed E-state index contributed by atoms with van der Waals surface area (Å²) < 4.78 is 10.9. The van der Waals surface area contributed by atoms with E-state index in [1.54, 1.807) is 42.5 Å². The number of nitrogens with zero attached hydrogens (tertiary/aromatic N) is 1. The monoisotopic (exact) mass is 568 g/mol. The standard InChI is InChI=1S/C21H17IN2O7S/c1-30-14-5-3-13(4-6-14)23-18(25)10-24-20(28)17(32-21(24)29)9-12-2-7-16(15(22)8-12)31-11-19(26)27/h2-9H,10-11H2,1H3,(H,23,25)(H,26,27)/b17-9+. The van der Waals surface area contributed by atoms with Gasteiger partial charge >= 0.3 is 5.97 Å². The van der Waals surface area contributed by atoms with Crippen LogP contribution in [0.5, 0.6) is 11.5 Å². The zero-order valence-corrected chi connectivity index (χ0v) is 19.6. The maximum atomic E-state index is 12.6. The first-order chi connectivity index (χ1) is 15.3. The summed E-state index contributed by atoms with van der Waals surface area (Å²) in [6.45, 7) is -0.875. The summed E-state index contributed by atoms with van der Waals surface area (Å²) in [5.41, 5.74) is 1.14. The number of imide groups is 1. The van der Waals surface area contributed by atoms with Crippen molar-refractivity contribution < 1.29 is 33.8 Å². The Balaban J connectivity index is 1.65. The van der Waals surface area contributed by atoms with Gasteiger partial charge in [0, 0.05) is 5.69 Å². The van der Waals surface area contributed by atoms with Gasteiger partial charge in [-0.3, -0.25) is 19.3 Å². The van der Waals surface area contributed by atoms with Gasteiger partial charge in [0.2, 0.25) is 5.91 Å². The maximum absolute atomic E-state index is 12.6. The van der Waals surface area contributed by atoms with Crippen molar-refractivity contribution >= 4 is 69.1 Å². The molecule has 32 heavy (non-hydrogen) atoms. The second-order valence-electron chi connectivity index (χ2n) is 6.42. The molecule has 3 amide bonds. The third kappa shape index (κ3) is 6.01. The number of aliphatic carboxylic acids is 1. The molecule has 3 rings (SSSR count). The van der Waals surface area contributed by atoms with Gasteiger partial charge in [-0.25, -0.2) is 4.79 Å². The number of nitrogens with one attached hydrogen (secondary N) is 1. The van der Waals surface area contributed by atoms with Crippen LogP contribution in [0, 0.1) is 3.57 Å². The average Bonchev–Trinajstić information content (AvgIpc) is 3.01. The fourth-order valence-electron chi connectivity index (χ4n) is 2.67. The number of ether oxygens (including phenoxy) is 2. The smallest absolute Gasteiger partial charge is 0.341 e. The number of anilines is 1. The Bertz CT molecular complexity index is 1100. The van der Waals surface area contributed by atoms with Gasteiger partial charge in [-0.2, -0.15) is 0 Å². The molecule has 0 atom stereocenters. The fourth-order valence-corrected chi connectivity index (χ4v) is 4.20. The second-order valence-corrected chi connectivity index (χ2v) is 8.57. The second kappa shape index (κ2) is 10.5. The Morgan fingerprint density at radius 1 is 1.19 bits per heavy atom. The Morgan fingerprint density at radius 3 is 2.53 bits per heavy atom. The van der Waals surface area contributed by atoms with Gasteiger partial charge in [0.25, 0.3) is 11.1 Å². The third-order valence-corrected chi connectivity index (χ3v) is 5.90. The maximum Gasteiger partial charge on any atom is 0.341 e. The zero-order valence-electron chi connectivity index (χ0n) is 16.7. The normalized spacial score (nSPS) is 14.6. The van der Waals surface area contributed by atoms with Gasteiger partial charge < -0.3 is 19.9 Å². The van der Waals surface area contributed by atoms with E-state index in [0.29, 0.717) is 26.3 Å². The van der Waals surface area contributed by atoms with Crippen molar-refractivity contribution in [3.63, 3.8) is 0 Å². The predicted octanol–water partition coefficient (Wildman–Crippen LogP) is 3.44. The zero-order chi connectivity index (χ0) is 23.3. The summed E-state index contributed by atoms with van der Waals surface area (Å²) >= 11 is 2.73.